The molecular weight excluding hydrogens is 746 g/mol. The van der Waals surface area contributed by atoms with Crippen LogP contribution < -0.4 is 19.1 Å². The Kier molecular flexibility index (Phi) is 10.4. The molecule has 2 amide bonds. The third-order valence-electron chi connectivity index (χ3n) is 12.6. The van der Waals surface area contributed by atoms with Gasteiger partial charge in [-0.25, -0.2) is 4.21 Å². The SMILES string of the molecule is COc1nn(C)cc1C(=O)N[S@@]1(=O)=NC(=O)c2ccc3c(c2)N(C[C@@H]2CC[C@H]2[C@@H](OC)C[C@H]2CC(O)O[C@@H]2[C@H](C)C1)C[C@@]1(CCCc2cc(Cl)ccc21)CO3. The minimum Gasteiger partial charge on any atom is -0.490 e. The molecule has 2 aromatic carbocycles. The number of amides is 2. The van der Waals surface area contributed by atoms with Crippen molar-refractivity contribution in [2.75, 3.05) is 44.6 Å². The highest BCUT2D eigenvalue weighted by Gasteiger charge is 2.47. The summed E-state index contributed by atoms with van der Waals surface area (Å²) in [5.41, 5.74) is 3.24. The number of fused-ring (bicyclic) bond motifs is 5. The summed E-state index contributed by atoms with van der Waals surface area (Å²) < 4.78 is 47.6. The van der Waals surface area contributed by atoms with E-state index in [0.717, 1.165) is 49.4 Å². The van der Waals surface area contributed by atoms with Gasteiger partial charge >= 0.3 is 0 Å². The maximum atomic E-state index is 14.9. The average molecular weight is 796 g/mol. The summed E-state index contributed by atoms with van der Waals surface area (Å²) in [7, 11) is 1.00. The number of benzene rings is 2. The number of carbonyl (C=O) groups is 2. The number of nitrogens with one attached hydrogen (secondary N) is 1. The largest absolute Gasteiger partial charge is 0.490 e. The molecule has 2 fully saturated rings. The van der Waals surface area contributed by atoms with E-state index in [-0.39, 0.29) is 46.1 Å². The van der Waals surface area contributed by atoms with Crippen LogP contribution in [-0.2, 0) is 38.3 Å². The molecule has 4 heterocycles. The fourth-order valence-corrected chi connectivity index (χ4v) is 11.9. The predicted octanol–water partition coefficient (Wildman–Crippen LogP) is 5.31. The highest BCUT2D eigenvalue weighted by atomic mass is 35.5. The molecule has 3 aromatic rings. The van der Waals surface area contributed by atoms with Crippen molar-refractivity contribution in [1.29, 1.82) is 0 Å². The second-order valence-corrected chi connectivity index (χ2v) is 18.6. The third-order valence-corrected chi connectivity index (χ3v) is 14.8. The molecule has 9 atom stereocenters. The monoisotopic (exact) mass is 795 g/mol. The second kappa shape index (κ2) is 15.0. The molecular formula is C40H50ClN5O8S. The summed E-state index contributed by atoms with van der Waals surface area (Å²) in [4.78, 5) is 30.3. The highest BCUT2D eigenvalue weighted by molar-refractivity contribution is 7.92. The Balaban J connectivity index is 1.22. The zero-order valence-corrected chi connectivity index (χ0v) is 33.3. The number of carbonyl (C=O) groups excluding carboxylic acids is 2. The van der Waals surface area contributed by atoms with Gasteiger partial charge in [0, 0.05) is 55.9 Å². The molecule has 0 radical (unpaired) electrons. The number of rotatable bonds is 4. The van der Waals surface area contributed by atoms with Crippen LogP contribution in [0.15, 0.2) is 47.0 Å². The molecule has 5 aliphatic rings. The van der Waals surface area contributed by atoms with E-state index in [0.29, 0.717) is 37.7 Å². The van der Waals surface area contributed by atoms with Crippen LogP contribution in [0.3, 0.4) is 0 Å². The number of aryl methyl sites for hydroxylation is 2. The number of hydrogen-bond donors (Lipinski definition) is 2. The van der Waals surface area contributed by atoms with E-state index < -0.39 is 40.0 Å². The predicted molar refractivity (Wildman–Crippen MR) is 207 cm³/mol. The zero-order chi connectivity index (χ0) is 38.6. The molecule has 1 aromatic heterocycles. The molecule has 296 valence electrons. The van der Waals surface area contributed by atoms with Crippen LogP contribution in [0.5, 0.6) is 11.6 Å². The summed E-state index contributed by atoms with van der Waals surface area (Å²) in [6, 6.07) is 11.4. The molecule has 1 spiro atoms. The maximum Gasteiger partial charge on any atom is 0.286 e. The van der Waals surface area contributed by atoms with E-state index in [9.17, 15) is 18.9 Å². The summed E-state index contributed by atoms with van der Waals surface area (Å²) in [5.74, 6) is -0.948. The summed E-state index contributed by atoms with van der Waals surface area (Å²) >= 11 is 6.48. The van der Waals surface area contributed by atoms with Gasteiger partial charge in [-0.05, 0) is 104 Å². The number of methoxy groups -OCH3 is 2. The molecule has 15 heteroatoms. The van der Waals surface area contributed by atoms with E-state index in [1.54, 1.807) is 32.4 Å². The lowest BCUT2D eigenvalue weighted by Gasteiger charge is -2.47. The van der Waals surface area contributed by atoms with Crippen molar-refractivity contribution in [3.63, 3.8) is 0 Å². The number of hydrogen-bond acceptors (Lipinski definition) is 10. The van der Waals surface area contributed by atoms with Crippen molar-refractivity contribution in [3.05, 3.63) is 69.9 Å². The van der Waals surface area contributed by atoms with Crippen LogP contribution in [0.1, 0.15) is 77.3 Å². The molecule has 3 aliphatic heterocycles. The van der Waals surface area contributed by atoms with Crippen molar-refractivity contribution < 1.29 is 37.9 Å². The first-order chi connectivity index (χ1) is 26.4. The summed E-state index contributed by atoms with van der Waals surface area (Å²) in [6.45, 7) is 3.72. The lowest BCUT2D eigenvalue weighted by molar-refractivity contribution is -0.106. The lowest BCUT2D eigenvalue weighted by Crippen LogP contribution is -2.50. The van der Waals surface area contributed by atoms with Gasteiger partial charge < -0.3 is 29.0 Å². The molecule has 2 bridgehead atoms. The van der Waals surface area contributed by atoms with Crippen LogP contribution >= 0.6 is 11.6 Å². The highest BCUT2D eigenvalue weighted by Crippen LogP contribution is 2.48. The molecule has 1 unspecified atom stereocenters. The first kappa shape index (κ1) is 38.2. The first-order valence-corrected chi connectivity index (χ1v) is 21.3. The number of aromatic nitrogens is 2. The van der Waals surface area contributed by atoms with E-state index in [2.05, 4.69) is 31.2 Å². The molecule has 1 saturated heterocycles. The zero-order valence-electron chi connectivity index (χ0n) is 31.7. The molecule has 55 heavy (non-hydrogen) atoms. The van der Waals surface area contributed by atoms with Crippen molar-refractivity contribution >= 4 is 39.0 Å². The maximum absolute atomic E-state index is 14.9. The fraction of sp³-hybridized carbons (Fsp3) is 0.575. The fourth-order valence-electron chi connectivity index (χ4n) is 9.87. The summed E-state index contributed by atoms with van der Waals surface area (Å²) in [6.07, 6.45) is 5.83. The molecule has 8 rings (SSSR count). The third kappa shape index (κ3) is 7.36. The topological polar surface area (TPSA) is 154 Å². The van der Waals surface area contributed by atoms with Gasteiger partial charge in [-0.15, -0.1) is 9.46 Å². The van der Waals surface area contributed by atoms with Gasteiger partial charge in [0.15, 0.2) is 6.29 Å². The minimum absolute atomic E-state index is 0.0464. The van der Waals surface area contributed by atoms with E-state index in [1.807, 2.05) is 13.0 Å². The number of ether oxygens (including phenoxy) is 4. The van der Waals surface area contributed by atoms with Crippen LogP contribution in [-0.4, -0.2) is 89.1 Å². The van der Waals surface area contributed by atoms with Gasteiger partial charge in [0.2, 0.25) is 5.88 Å². The van der Waals surface area contributed by atoms with Gasteiger partial charge in [0.05, 0.1) is 37.4 Å². The molecule has 2 N–H and O–H groups in total. The molecule has 2 aliphatic carbocycles. The van der Waals surface area contributed by atoms with Gasteiger partial charge in [-0.3, -0.25) is 19.0 Å². The standard InChI is InChI=1S/C40H50ClN5O8S/c1-23-20-55(50,44-38(49)30-19-45(2)42-39(30)52-4)43-37(48)25-8-12-33-32(15-25)46(21-40(22-53-33)13-5-6-24-14-28(41)9-11-31(24)40)18-26-7-10-29(26)34(51-3)16-27-17-35(47)54-36(23)27/h8-9,11-12,14-15,19,23,26-27,29,34-36,47H,5-7,10,13,16-18,20-22H2,1-4H3,(H,43,44,48,49,50)/t23-,26+,27+,29-,34+,35?,36-,40+,55+/m1/s1. The Hall–Kier alpha value is -3.69. The van der Waals surface area contributed by atoms with E-state index >= 15 is 0 Å². The van der Waals surface area contributed by atoms with Gasteiger partial charge in [0.25, 0.3) is 11.8 Å². The smallest absolute Gasteiger partial charge is 0.286 e. The van der Waals surface area contributed by atoms with Crippen molar-refractivity contribution in [1.82, 2.24) is 14.5 Å². The quantitative estimate of drug-likeness (QED) is 0.355. The van der Waals surface area contributed by atoms with Crippen LogP contribution in [0, 0.1) is 23.7 Å². The number of aliphatic hydroxyl groups excluding tert-OH is 1. The lowest BCUT2D eigenvalue weighted by atomic mass is 9.67. The van der Waals surface area contributed by atoms with E-state index in [1.165, 1.54) is 29.1 Å². The van der Waals surface area contributed by atoms with Crippen molar-refractivity contribution in [2.45, 2.75) is 75.8 Å². The van der Waals surface area contributed by atoms with Crippen molar-refractivity contribution in [3.8, 4) is 11.6 Å². The Morgan fingerprint density at radius 2 is 1.98 bits per heavy atom. The van der Waals surface area contributed by atoms with E-state index in [4.69, 9.17) is 30.5 Å². The number of anilines is 1. The van der Waals surface area contributed by atoms with Crippen LogP contribution in [0.2, 0.25) is 5.02 Å². The van der Waals surface area contributed by atoms with Crippen LogP contribution in [0.25, 0.3) is 0 Å². The Morgan fingerprint density at radius 3 is 2.75 bits per heavy atom. The minimum atomic E-state index is -3.78. The van der Waals surface area contributed by atoms with Gasteiger partial charge in [-0.1, -0.05) is 24.6 Å². The molecule has 1 saturated carbocycles. The average Bonchev–Trinajstić information content (AvgIpc) is 3.67. The normalized spacial score (nSPS) is 33.2. The van der Waals surface area contributed by atoms with Gasteiger partial charge in [-0.2, -0.15) is 0 Å². The molecule has 13 nitrogen and oxygen atoms in total. The van der Waals surface area contributed by atoms with Crippen LogP contribution in [0.4, 0.5) is 5.69 Å². The number of halogens is 1. The van der Waals surface area contributed by atoms with Gasteiger partial charge in [0.1, 0.15) is 21.2 Å². The Morgan fingerprint density at radius 1 is 1.15 bits per heavy atom. The number of aliphatic hydroxyl groups is 1. The second-order valence-electron chi connectivity index (χ2n) is 16.2. The van der Waals surface area contributed by atoms with Crippen molar-refractivity contribution in [2.24, 2.45) is 35.1 Å². The Labute approximate surface area is 327 Å². The Bertz CT molecular complexity index is 2100. The number of nitrogens with zero attached hydrogens (tertiary/aromatic N) is 4. The first-order valence-electron chi connectivity index (χ1n) is 19.2. The summed E-state index contributed by atoms with van der Waals surface area (Å²) in [5, 5.41) is 15.7.